The van der Waals surface area contributed by atoms with Gasteiger partial charge >= 0.3 is 12.3 Å². The van der Waals surface area contributed by atoms with Gasteiger partial charge in [-0.3, -0.25) is 0 Å². The van der Waals surface area contributed by atoms with Crippen LogP contribution in [0.15, 0.2) is 48.0 Å². The number of carbonyl (C=O) groups is 1. The zero-order chi connectivity index (χ0) is 25.0. The second-order valence-corrected chi connectivity index (χ2v) is 8.25. The molecular weight excluding hydrogens is 522 g/mol. The Hall–Kier alpha value is -2.69. The quantitative estimate of drug-likeness (QED) is 0.408. The number of hydrogen-bond donors (Lipinski definition) is 1. The van der Waals surface area contributed by atoms with E-state index in [1.165, 1.54) is 24.4 Å². The second-order valence-electron chi connectivity index (χ2n) is 8.25. The van der Waals surface area contributed by atoms with Gasteiger partial charge in [0.15, 0.2) is 0 Å². The van der Waals surface area contributed by atoms with E-state index < -0.39 is 23.8 Å². The van der Waals surface area contributed by atoms with Gasteiger partial charge in [-0.15, -0.1) is 24.8 Å². The molecule has 0 amide bonds. The molecule has 0 radical (unpaired) electrons. The highest BCUT2D eigenvalue weighted by Crippen LogP contribution is 2.49. The van der Waals surface area contributed by atoms with Crippen LogP contribution in [0.4, 0.5) is 23.7 Å². The first-order valence-electron chi connectivity index (χ1n) is 10.8. The van der Waals surface area contributed by atoms with Crippen molar-refractivity contribution in [1.29, 1.82) is 0 Å². The van der Waals surface area contributed by atoms with Gasteiger partial charge in [-0.1, -0.05) is 18.2 Å². The maximum atomic E-state index is 14.1. The van der Waals surface area contributed by atoms with E-state index in [1.807, 2.05) is 0 Å². The summed E-state index contributed by atoms with van der Waals surface area (Å²) in [6.45, 7) is 5.51. The van der Waals surface area contributed by atoms with Crippen LogP contribution in [0, 0.1) is 0 Å². The SMILES string of the molecule is CCOC(=O)OC1=C(CN(C)C)Nc2ccnc(OC(C)C)c2C1c1ccccc1C(F)(F)F.Cl.Cl. The van der Waals surface area contributed by atoms with Crippen LogP contribution in [-0.4, -0.2) is 49.4 Å². The zero-order valence-corrected chi connectivity index (χ0v) is 22.1. The number of pyridine rings is 1. The molecule has 1 aliphatic heterocycles. The Labute approximate surface area is 220 Å². The predicted octanol–water partition coefficient (Wildman–Crippen LogP) is 6.23. The van der Waals surface area contributed by atoms with Gasteiger partial charge < -0.3 is 24.4 Å². The number of likely N-dealkylation sites (N-methyl/N-ethyl adjacent to an activating group) is 1. The second kappa shape index (κ2) is 13.0. The number of hydrogen-bond acceptors (Lipinski definition) is 7. The van der Waals surface area contributed by atoms with Gasteiger partial charge in [-0.2, -0.15) is 13.2 Å². The molecule has 1 aromatic carbocycles. The summed E-state index contributed by atoms with van der Waals surface area (Å²) in [5.74, 6) is -0.982. The molecule has 0 spiro atoms. The van der Waals surface area contributed by atoms with Crippen LogP contribution in [-0.2, 0) is 15.7 Å². The average Bonchev–Trinajstić information content (AvgIpc) is 2.73. The first-order chi connectivity index (χ1) is 16.0. The van der Waals surface area contributed by atoms with Crippen LogP contribution in [0.3, 0.4) is 0 Å². The Bertz CT molecular complexity index is 1080. The third-order valence-corrected chi connectivity index (χ3v) is 4.94. The van der Waals surface area contributed by atoms with Crippen LogP contribution < -0.4 is 10.1 Å². The average molecular weight is 552 g/mol. The summed E-state index contributed by atoms with van der Waals surface area (Å²) < 4.78 is 58.7. The van der Waals surface area contributed by atoms with Crippen molar-refractivity contribution in [2.24, 2.45) is 0 Å². The fraction of sp³-hybridized carbons (Fsp3) is 0.417. The molecule has 0 bridgehead atoms. The minimum Gasteiger partial charge on any atom is -0.475 e. The van der Waals surface area contributed by atoms with E-state index in [2.05, 4.69) is 10.3 Å². The number of ether oxygens (including phenoxy) is 3. The van der Waals surface area contributed by atoms with Gasteiger partial charge in [0.25, 0.3) is 0 Å². The summed E-state index contributed by atoms with van der Waals surface area (Å²) in [5.41, 5.74) is 0.348. The van der Waals surface area contributed by atoms with E-state index in [1.54, 1.807) is 45.8 Å². The van der Waals surface area contributed by atoms with Crippen LogP contribution in [0.25, 0.3) is 0 Å². The predicted molar refractivity (Wildman–Crippen MR) is 135 cm³/mol. The highest BCUT2D eigenvalue weighted by molar-refractivity contribution is 5.85. The maximum absolute atomic E-state index is 14.1. The number of allylic oxidation sites excluding steroid dienone is 1. The summed E-state index contributed by atoms with van der Waals surface area (Å²) in [5, 5.41) is 3.20. The normalized spacial score (nSPS) is 14.9. The first-order valence-corrected chi connectivity index (χ1v) is 10.8. The van der Waals surface area contributed by atoms with Gasteiger partial charge in [-0.05, 0) is 52.6 Å². The van der Waals surface area contributed by atoms with Crippen molar-refractivity contribution < 1.29 is 32.2 Å². The Morgan fingerprint density at radius 3 is 2.42 bits per heavy atom. The first kappa shape index (κ1) is 31.3. The highest BCUT2D eigenvalue weighted by Gasteiger charge is 2.42. The van der Waals surface area contributed by atoms with Crippen LogP contribution in [0.2, 0.25) is 0 Å². The van der Waals surface area contributed by atoms with Crippen molar-refractivity contribution in [1.82, 2.24) is 9.88 Å². The number of nitrogens with zero attached hydrogens (tertiary/aromatic N) is 2. The molecule has 1 aromatic heterocycles. The number of rotatable bonds is 7. The summed E-state index contributed by atoms with van der Waals surface area (Å²) in [6, 6.07) is 6.86. The fourth-order valence-corrected chi connectivity index (χ4v) is 3.78. The molecule has 200 valence electrons. The van der Waals surface area contributed by atoms with Gasteiger partial charge in [0.2, 0.25) is 5.88 Å². The number of alkyl halides is 3. The number of aromatic nitrogens is 1. The summed E-state index contributed by atoms with van der Waals surface area (Å²) in [6.07, 6.45) is -4.43. The van der Waals surface area contributed by atoms with Crippen molar-refractivity contribution in [2.45, 2.75) is 39.0 Å². The number of anilines is 1. The standard InChI is InChI=1S/C24H28F3N3O4.2ClH/c1-6-32-23(31)34-21-18(13-30(4)5)29-17-11-12-28-22(33-14(2)3)20(17)19(21)15-9-7-8-10-16(15)24(25,26)27;;/h7-12,14,19,29H,6,13H2,1-5H3;2*1H. The smallest absolute Gasteiger partial charge is 0.475 e. The lowest BCUT2D eigenvalue weighted by Crippen LogP contribution is -2.30. The molecule has 1 N–H and O–H groups in total. The highest BCUT2D eigenvalue weighted by atomic mass is 35.5. The maximum Gasteiger partial charge on any atom is 0.513 e. The number of fused-ring (bicyclic) bond motifs is 1. The zero-order valence-electron chi connectivity index (χ0n) is 20.5. The number of halogens is 5. The van der Waals surface area contributed by atoms with E-state index in [0.29, 0.717) is 16.9 Å². The summed E-state index contributed by atoms with van der Waals surface area (Å²) >= 11 is 0. The molecular formula is C24H30Cl2F3N3O4. The monoisotopic (exact) mass is 551 g/mol. The van der Waals surface area contributed by atoms with Crippen molar-refractivity contribution in [3.63, 3.8) is 0 Å². The molecule has 3 rings (SSSR count). The Balaban J connectivity index is 0.00000324. The molecule has 36 heavy (non-hydrogen) atoms. The van der Waals surface area contributed by atoms with E-state index in [0.717, 1.165) is 6.07 Å². The van der Waals surface area contributed by atoms with Gasteiger partial charge in [0.1, 0.15) is 5.76 Å². The minimum absolute atomic E-state index is 0. The van der Waals surface area contributed by atoms with Crippen molar-refractivity contribution in [3.05, 3.63) is 64.7 Å². The van der Waals surface area contributed by atoms with Gasteiger partial charge in [0, 0.05) is 18.4 Å². The van der Waals surface area contributed by atoms with Crippen LogP contribution in [0.5, 0.6) is 5.88 Å². The van der Waals surface area contributed by atoms with Gasteiger partial charge in [0.05, 0.1) is 35.5 Å². The van der Waals surface area contributed by atoms with E-state index >= 15 is 0 Å². The fourth-order valence-electron chi connectivity index (χ4n) is 3.78. The topological polar surface area (TPSA) is 72.9 Å². The molecule has 0 saturated carbocycles. The lowest BCUT2D eigenvalue weighted by molar-refractivity contribution is -0.138. The number of nitrogens with one attached hydrogen (secondary N) is 1. The molecule has 12 heteroatoms. The molecule has 1 atom stereocenters. The Morgan fingerprint density at radius 1 is 1.17 bits per heavy atom. The molecule has 0 saturated heterocycles. The molecule has 0 aliphatic carbocycles. The Morgan fingerprint density at radius 2 is 1.83 bits per heavy atom. The van der Waals surface area contributed by atoms with E-state index in [4.69, 9.17) is 14.2 Å². The molecule has 2 aromatic rings. The van der Waals surface area contributed by atoms with E-state index in [-0.39, 0.29) is 61.3 Å². The number of benzene rings is 1. The third kappa shape index (κ3) is 7.18. The molecule has 1 unspecified atom stereocenters. The van der Waals surface area contributed by atoms with Crippen molar-refractivity contribution in [3.8, 4) is 5.88 Å². The third-order valence-electron chi connectivity index (χ3n) is 4.94. The van der Waals surface area contributed by atoms with Crippen molar-refractivity contribution in [2.75, 3.05) is 32.6 Å². The van der Waals surface area contributed by atoms with Crippen LogP contribution in [0.1, 0.15) is 43.4 Å². The molecule has 0 fully saturated rings. The Kier molecular flexibility index (Phi) is 11.3. The lowest BCUT2D eigenvalue weighted by Gasteiger charge is -2.34. The number of carbonyl (C=O) groups excluding carboxylic acids is 1. The summed E-state index contributed by atoms with van der Waals surface area (Å²) in [4.78, 5) is 18.5. The van der Waals surface area contributed by atoms with E-state index in [9.17, 15) is 18.0 Å². The largest absolute Gasteiger partial charge is 0.513 e. The molecule has 7 nitrogen and oxygen atoms in total. The van der Waals surface area contributed by atoms with Crippen LogP contribution >= 0.6 is 24.8 Å². The minimum atomic E-state index is -4.64. The molecule has 1 aliphatic rings. The molecule has 2 heterocycles. The van der Waals surface area contributed by atoms with Gasteiger partial charge in [-0.25, -0.2) is 9.78 Å². The summed E-state index contributed by atoms with van der Waals surface area (Å²) in [7, 11) is 3.59. The van der Waals surface area contributed by atoms with Crippen molar-refractivity contribution >= 4 is 36.7 Å². The lowest BCUT2D eigenvalue weighted by atomic mass is 9.83.